The summed E-state index contributed by atoms with van der Waals surface area (Å²) < 4.78 is 5.38. The fourth-order valence-electron chi connectivity index (χ4n) is 2.20. The number of nitrogens with one attached hydrogen (secondary N) is 1. The second-order valence-corrected chi connectivity index (χ2v) is 4.53. The van der Waals surface area contributed by atoms with E-state index < -0.39 is 0 Å². The highest BCUT2D eigenvalue weighted by Crippen LogP contribution is 2.20. The maximum absolute atomic E-state index is 9.42. The minimum atomic E-state index is -0.140. The molecule has 3 unspecified atom stereocenters. The molecule has 90 valence electrons. The Morgan fingerprint density at radius 2 is 2.27 bits per heavy atom. The topological polar surface area (TPSA) is 41.5 Å². The molecule has 3 atom stereocenters. The van der Waals surface area contributed by atoms with Crippen molar-refractivity contribution in [3.8, 4) is 0 Å². The molecule has 0 spiro atoms. The molecule has 0 aliphatic heterocycles. The number of methoxy groups -OCH3 is 1. The molecule has 0 radical (unpaired) electrons. The van der Waals surface area contributed by atoms with E-state index in [1.807, 2.05) is 6.92 Å². The monoisotopic (exact) mass is 215 g/mol. The lowest BCUT2D eigenvalue weighted by Crippen LogP contribution is -2.37. The summed E-state index contributed by atoms with van der Waals surface area (Å²) in [6.07, 6.45) is 6.85. The number of hydrogen-bond donors (Lipinski definition) is 2. The van der Waals surface area contributed by atoms with Crippen molar-refractivity contribution < 1.29 is 9.84 Å². The molecule has 1 rings (SSSR count). The number of ether oxygens (including phenoxy) is 1. The third-order valence-corrected chi connectivity index (χ3v) is 3.34. The molecule has 1 fully saturated rings. The Hall–Kier alpha value is -0.120. The number of aliphatic hydroxyl groups excluding tert-OH is 1. The zero-order chi connectivity index (χ0) is 11.1. The molecule has 1 aliphatic carbocycles. The van der Waals surface area contributed by atoms with Gasteiger partial charge in [0.25, 0.3) is 0 Å². The van der Waals surface area contributed by atoms with Crippen molar-refractivity contribution in [3.63, 3.8) is 0 Å². The molecule has 2 N–H and O–H groups in total. The molecule has 0 heterocycles. The summed E-state index contributed by atoms with van der Waals surface area (Å²) in [6.45, 7) is 2.95. The van der Waals surface area contributed by atoms with E-state index in [4.69, 9.17) is 4.74 Å². The molecule has 0 aromatic heterocycles. The lowest BCUT2D eigenvalue weighted by molar-refractivity contribution is 0.0580. The molecule has 3 heteroatoms. The zero-order valence-electron chi connectivity index (χ0n) is 10.0. The first kappa shape index (κ1) is 12.9. The molecule has 0 amide bonds. The van der Waals surface area contributed by atoms with Gasteiger partial charge in [-0.25, -0.2) is 0 Å². The Balaban J connectivity index is 2.10. The highest BCUT2D eigenvalue weighted by molar-refractivity contribution is 4.78. The second kappa shape index (κ2) is 7.20. The van der Waals surface area contributed by atoms with Crippen LogP contribution in [0.25, 0.3) is 0 Å². The van der Waals surface area contributed by atoms with Crippen LogP contribution in [0.3, 0.4) is 0 Å². The van der Waals surface area contributed by atoms with E-state index in [-0.39, 0.29) is 6.10 Å². The fourth-order valence-corrected chi connectivity index (χ4v) is 2.20. The Bertz CT molecular complexity index is 164. The highest BCUT2D eigenvalue weighted by atomic mass is 16.5. The number of rotatable bonds is 6. The van der Waals surface area contributed by atoms with E-state index >= 15 is 0 Å². The van der Waals surface area contributed by atoms with Crippen molar-refractivity contribution in [2.45, 2.75) is 63.7 Å². The van der Waals surface area contributed by atoms with Crippen LogP contribution in [0.4, 0.5) is 0 Å². The molecule has 0 saturated heterocycles. The summed E-state index contributed by atoms with van der Waals surface area (Å²) >= 11 is 0. The Labute approximate surface area is 93.2 Å². The van der Waals surface area contributed by atoms with E-state index in [0.717, 1.165) is 25.8 Å². The summed E-state index contributed by atoms with van der Waals surface area (Å²) in [4.78, 5) is 0. The van der Waals surface area contributed by atoms with Crippen LogP contribution in [0.2, 0.25) is 0 Å². The van der Waals surface area contributed by atoms with Crippen LogP contribution in [0.1, 0.15) is 45.4 Å². The maximum Gasteiger partial charge on any atom is 0.0586 e. The average Bonchev–Trinajstić information content (AvgIpc) is 2.29. The molecule has 0 aromatic carbocycles. The molecule has 1 aliphatic rings. The van der Waals surface area contributed by atoms with Crippen LogP contribution in [0, 0.1) is 0 Å². The molecular formula is C12H25NO2. The third kappa shape index (κ3) is 4.96. The van der Waals surface area contributed by atoms with Gasteiger partial charge in [0, 0.05) is 13.2 Å². The first-order valence-corrected chi connectivity index (χ1v) is 6.20. The van der Waals surface area contributed by atoms with Crippen LogP contribution in [-0.2, 0) is 4.74 Å². The number of hydrogen-bond acceptors (Lipinski definition) is 3. The van der Waals surface area contributed by atoms with Crippen molar-refractivity contribution in [3.05, 3.63) is 0 Å². The lowest BCUT2D eigenvalue weighted by atomic mass is 9.93. The van der Waals surface area contributed by atoms with Gasteiger partial charge in [-0.05, 0) is 45.1 Å². The van der Waals surface area contributed by atoms with Crippen molar-refractivity contribution in [2.75, 3.05) is 13.7 Å². The van der Waals surface area contributed by atoms with Crippen LogP contribution >= 0.6 is 0 Å². The van der Waals surface area contributed by atoms with E-state index in [2.05, 4.69) is 5.32 Å². The summed E-state index contributed by atoms with van der Waals surface area (Å²) in [5, 5.41) is 12.9. The van der Waals surface area contributed by atoms with E-state index in [1.165, 1.54) is 19.3 Å². The van der Waals surface area contributed by atoms with Gasteiger partial charge in [-0.2, -0.15) is 0 Å². The van der Waals surface area contributed by atoms with Gasteiger partial charge in [0.15, 0.2) is 0 Å². The Morgan fingerprint density at radius 3 is 2.93 bits per heavy atom. The Morgan fingerprint density at radius 1 is 1.47 bits per heavy atom. The van der Waals surface area contributed by atoms with E-state index in [1.54, 1.807) is 7.11 Å². The van der Waals surface area contributed by atoms with Crippen molar-refractivity contribution in [2.24, 2.45) is 0 Å². The molecule has 15 heavy (non-hydrogen) atoms. The Kier molecular flexibility index (Phi) is 6.22. The summed E-state index contributed by atoms with van der Waals surface area (Å²) in [5.41, 5.74) is 0. The lowest BCUT2D eigenvalue weighted by Gasteiger charge is -2.29. The van der Waals surface area contributed by atoms with Crippen LogP contribution < -0.4 is 5.32 Å². The molecule has 0 bridgehead atoms. The summed E-state index contributed by atoms with van der Waals surface area (Å²) in [6, 6.07) is 0.591. The average molecular weight is 215 g/mol. The standard InChI is InChI=1S/C12H25NO2/c1-3-11(14)7-8-13-10-5-4-6-12(9-10)15-2/h10-14H,3-9H2,1-2H3. The fraction of sp³-hybridized carbons (Fsp3) is 1.00. The van der Waals surface area contributed by atoms with Gasteiger partial charge in [0.1, 0.15) is 0 Å². The minimum Gasteiger partial charge on any atom is -0.393 e. The first-order valence-electron chi connectivity index (χ1n) is 6.20. The SMILES string of the molecule is CCC(O)CCNC1CCCC(OC)C1. The number of aliphatic hydroxyl groups is 1. The zero-order valence-corrected chi connectivity index (χ0v) is 10.0. The van der Waals surface area contributed by atoms with Gasteiger partial charge in [0.05, 0.1) is 12.2 Å². The third-order valence-electron chi connectivity index (χ3n) is 3.34. The first-order chi connectivity index (χ1) is 7.26. The van der Waals surface area contributed by atoms with Crippen LogP contribution in [-0.4, -0.2) is 37.0 Å². The molecule has 1 saturated carbocycles. The van der Waals surface area contributed by atoms with Crippen LogP contribution in [0.5, 0.6) is 0 Å². The highest BCUT2D eigenvalue weighted by Gasteiger charge is 2.20. The van der Waals surface area contributed by atoms with Gasteiger partial charge in [-0.15, -0.1) is 0 Å². The van der Waals surface area contributed by atoms with Gasteiger partial charge in [0.2, 0.25) is 0 Å². The quantitative estimate of drug-likeness (QED) is 0.708. The largest absolute Gasteiger partial charge is 0.393 e. The predicted octanol–water partition coefficient (Wildman–Crippen LogP) is 1.69. The van der Waals surface area contributed by atoms with E-state index in [9.17, 15) is 5.11 Å². The van der Waals surface area contributed by atoms with E-state index in [0.29, 0.717) is 12.1 Å². The van der Waals surface area contributed by atoms with Crippen molar-refractivity contribution in [1.29, 1.82) is 0 Å². The molecule has 0 aromatic rings. The van der Waals surface area contributed by atoms with Gasteiger partial charge in [-0.3, -0.25) is 0 Å². The van der Waals surface area contributed by atoms with Crippen LogP contribution in [0.15, 0.2) is 0 Å². The van der Waals surface area contributed by atoms with Gasteiger partial charge >= 0.3 is 0 Å². The normalized spacial score (nSPS) is 29.0. The molecule has 3 nitrogen and oxygen atoms in total. The summed E-state index contributed by atoms with van der Waals surface area (Å²) in [5.74, 6) is 0. The summed E-state index contributed by atoms with van der Waals surface area (Å²) in [7, 11) is 1.80. The smallest absolute Gasteiger partial charge is 0.0586 e. The predicted molar refractivity (Wildman–Crippen MR) is 62.0 cm³/mol. The maximum atomic E-state index is 9.42. The minimum absolute atomic E-state index is 0.140. The molecular weight excluding hydrogens is 190 g/mol. The van der Waals surface area contributed by atoms with Gasteiger partial charge < -0.3 is 15.2 Å². The second-order valence-electron chi connectivity index (χ2n) is 4.53. The van der Waals surface area contributed by atoms with Crippen molar-refractivity contribution >= 4 is 0 Å². The van der Waals surface area contributed by atoms with Crippen molar-refractivity contribution in [1.82, 2.24) is 5.32 Å². The van der Waals surface area contributed by atoms with Gasteiger partial charge in [-0.1, -0.05) is 6.92 Å².